The molecule has 0 bridgehead atoms. The van der Waals surface area contributed by atoms with Crippen LogP contribution in [0, 0.1) is 54.7 Å². The topological polar surface area (TPSA) is 148 Å². The van der Waals surface area contributed by atoms with E-state index in [1.54, 1.807) is 24.3 Å². The van der Waals surface area contributed by atoms with Gasteiger partial charge in [-0.25, -0.2) is 14.8 Å². The first-order valence-corrected chi connectivity index (χ1v) is 21.1. The van der Waals surface area contributed by atoms with Crippen LogP contribution in [-0.4, -0.2) is 26.0 Å². The van der Waals surface area contributed by atoms with Crippen molar-refractivity contribution in [2.45, 2.75) is 92.3 Å². The highest BCUT2D eigenvalue weighted by atomic mass is 32.1. The Morgan fingerprint density at radius 2 is 0.982 bits per heavy atom. The van der Waals surface area contributed by atoms with Gasteiger partial charge in [-0.05, 0) is 60.1 Å². The average molecular weight is 799 g/mol. The lowest BCUT2D eigenvalue weighted by Gasteiger charge is -2.54. The molecule has 4 unspecified atom stereocenters. The summed E-state index contributed by atoms with van der Waals surface area (Å²) in [6, 6.07) is 15.3. The van der Waals surface area contributed by atoms with E-state index in [0.29, 0.717) is 46.7 Å². The number of para-hydroxylation sites is 2. The van der Waals surface area contributed by atoms with Crippen LogP contribution in [0.25, 0.3) is 20.4 Å². The Hall–Kier alpha value is -4.75. The third-order valence-electron chi connectivity index (χ3n) is 12.9. The number of carbonyl (C=O) groups is 1. The van der Waals surface area contributed by atoms with Gasteiger partial charge in [0.15, 0.2) is 11.2 Å². The number of nitro groups is 2. The van der Waals surface area contributed by atoms with Crippen molar-refractivity contribution in [3.63, 3.8) is 0 Å². The van der Waals surface area contributed by atoms with E-state index in [0.717, 1.165) is 9.40 Å². The summed E-state index contributed by atoms with van der Waals surface area (Å²) < 4.78 is 15.6. The molecule has 13 heteroatoms. The molecule has 6 atom stereocenters. The smallest absolute Gasteiger partial charge is 0.415 e. The SMILES string of the molecule is CCC(C)C1(C(C)CC)C=C([N+](=O)[O-])C=C[C@@]1(OC(=O)O[C@@]1(c2nc3ccccc3s2)C=CC([N+](=O)[O-])=CC1(C(C)CC)C(C)CC)c1nc2ccccc2s1. The molecule has 6 rings (SSSR count). The lowest BCUT2D eigenvalue weighted by molar-refractivity contribution is -0.421. The maximum Gasteiger partial charge on any atom is 0.510 e. The quantitative estimate of drug-likeness (QED) is 0.0690. The fraction of sp³-hybridized carbons (Fsp3) is 0.465. The Bertz CT molecular complexity index is 2030. The summed E-state index contributed by atoms with van der Waals surface area (Å²) in [7, 11) is 0. The number of thiazole rings is 2. The van der Waals surface area contributed by atoms with Crippen LogP contribution in [0.3, 0.4) is 0 Å². The zero-order chi connectivity index (χ0) is 40.6. The lowest BCUT2D eigenvalue weighted by atomic mass is 9.54. The van der Waals surface area contributed by atoms with Crippen molar-refractivity contribution in [3.05, 3.63) is 127 Å². The van der Waals surface area contributed by atoms with Gasteiger partial charge in [0, 0.05) is 24.3 Å². The van der Waals surface area contributed by atoms with Gasteiger partial charge in [-0.3, -0.25) is 20.2 Å². The minimum atomic E-state index is -1.65. The molecule has 56 heavy (non-hydrogen) atoms. The molecule has 2 aliphatic carbocycles. The second-order valence-electron chi connectivity index (χ2n) is 15.3. The monoisotopic (exact) mass is 798 g/mol. The van der Waals surface area contributed by atoms with Gasteiger partial charge in [0.2, 0.25) is 0 Å². The van der Waals surface area contributed by atoms with Crippen LogP contribution < -0.4 is 0 Å². The van der Waals surface area contributed by atoms with Gasteiger partial charge < -0.3 is 9.47 Å². The zero-order valence-electron chi connectivity index (χ0n) is 33.2. The third kappa shape index (κ3) is 6.27. The number of aromatic nitrogens is 2. The van der Waals surface area contributed by atoms with Crippen molar-refractivity contribution in [2.24, 2.45) is 34.5 Å². The Balaban J connectivity index is 1.65. The fourth-order valence-electron chi connectivity index (χ4n) is 9.27. The summed E-state index contributed by atoms with van der Waals surface area (Å²) in [6.07, 6.45) is 10.8. The lowest BCUT2D eigenvalue weighted by Crippen LogP contribution is -2.58. The van der Waals surface area contributed by atoms with E-state index in [9.17, 15) is 20.2 Å². The molecule has 0 fully saturated rings. The van der Waals surface area contributed by atoms with Crippen molar-refractivity contribution >= 4 is 49.3 Å². The molecule has 2 heterocycles. The highest BCUT2D eigenvalue weighted by molar-refractivity contribution is 7.19. The van der Waals surface area contributed by atoms with Crippen LogP contribution in [0.2, 0.25) is 0 Å². The van der Waals surface area contributed by atoms with Gasteiger partial charge in [-0.1, -0.05) is 105 Å². The summed E-state index contributed by atoms with van der Waals surface area (Å²) >= 11 is 2.75. The normalized spacial score (nSPS) is 26.9. The van der Waals surface area contributed by atoms with Gasteiger partial charge in [0.1, 0.15) is 10.0 Å². The van der Waals surface area contributed by atoms with E-state index >= 15 is 4.79 Å². The highest BCUT2D eigenvalue weighted by Crippen LogP contribution is 2.62. The number of hydrogen-bond donors (Lipinski definition) is 0. The molecule has 0 spiro atoms. The summed E-state index contributed by atoms with van der Waals surface area (Å²) in [5, 5.41) is 26.0. The van der Waals surface area contributed by atoms with Crippen molar-refractivity contribution < 1.29 is 24.1 Å². The highest BCUT2D eigenvalue weighted by Gasteiger charge is 2.65. The van der Waals surface area contributed by atoms with Crippen LogP contribution in [0.1, 0.15) is 91.1 Å². The number of nitrogens with zero attached hydrogens (tertiary/aromatic N) is 4. The van der Waals surface area contributed by atoms with Gasteiger partial charge in [-0.2, -0.15) is 0 Å². The van der Waals surface area contributed by atoms with E-state index in [2.05, 4.69) is 0 Å². The molecule has 0 aliphatic heterocycles. The number of benzene rings is 2. The molecule has 0 radical (unpaired) electrons. The fourth-order valence-corrected chi connectivity index (χ4v) is 11.6. The Morgan fingerprint density at radius 3 is 1.29 bits per heavy atom. The number of hydrogen-bond acceptors (Lipinski definition) is 11. The second kappa shape index (κ2) is 15.7. The maximum absolute atomic E-state index is 15.3. The van der Waals surface area contributed by atoms with Gasteiger partial charge >= 0.3 is 6.16 Å². The first-order valence-electron chi connectivity index (χ1n) is 19.5. The molecule has 2 aliphatic rings. The molecule has 11 nitrogen and oxygen atoms in total. The van der Waals surface area contributed by atoms with Crippen LogP contribution in [-0.2, 0) is 20.7 Å². The molecular weight excluding hydrogens is 749 g/mol. The predicted octanol–water partition coefficient (Wildman–Crippen LogP) is 11.8. The third-order valence-corrected chi connectivity index (χ3v) is 15.2. The average Bonchev–Trinajstić information content (AvgIpc) is 3.85. The molecular formula is C43H50N4O7S2. The molecule has 296 valence electrons. The molecule has 0 saturated heterocycles. The molecule has 0 amide bonds. The number of fused-ring (bicyclic) bond motifs is 2. The van der Waals surface area contributed by atoms with E-state index in [-0.39, 0.29) is 35.1 Å². The molecule has 0 N–H and O–H groups in total. The number of rotatable bonds is 14. The maximum atomic E-state index is 15.3. The number of ether oxygens (including phenoxy) is 2. The van der Waals surface area contributed by atoms with E-state index < -0.39 is 38.0 Å². The van der Waals surface area contributed by atoms with E-state index in [1.807, 2.05) is 104 Å². The standard InChI is InChI=1S/C43H50N4O7S2/c1-9-27(5)40(28(6)10-2)25-31(46(49)50)21-23-42(40,37-44-33-17-13-15-19-35(33)55-37)53-39(48)54-43(38-45-34-18-14-16-20-36(34)56-38)24-22-32(47(51)52)26-41(43,29(7)11-3)30(8)12-4/h13-30H,9-12H2,1-8H3/t27?,28?,29?,30?,40?,41?,42-,43-/m1/s1. The van der Waals surface area contributed by atoms with Crippen LogP contribution >= 0.6 is 22.7 Å². The largest absolute Gasteiger partial charge is 0.510 e. The summed E-state index contributed by atoms with van der Waals surface area (Å²) in [5.74, 6) is -0.963. The van der Waals surface area contributed by atoms with Crippen LogP contribution in [0.4, 0.5) is 4.79 Å². The molecule has 4 aromatic rings. The number of allylic oxidation sites excluding steroid dienone is 2. The summed E-state index contributed by atoms with van der Waals surface area (Å²) in [4.78, 5) is 49.7. The minimum Gasteiger partial charge on any atom is -0.415 e. The summed E-state index contributed by atoms with van der Waals surface area (Å²) in [5.41, 5.74) is -4.37. The van der Waals surface area contributed by atoms with Gasteiger partial charge in [0.05, 0.1) is 41.1 Å². The van der Waals surface area contributed by atoms with Gasteiger partial charge in [0.25, 0.3) is 11.4 Å². The molecule has 0 saturated carbocycles. The van der Waals surface area contributed by atoms with Crippen LogP contribution in [0.5, 0.6) is 0 Å². The van der Waals surface area contributed by atoms with Crippen molar-refractivity contribution in [1.82, 2.24) is 9.97 Å². The predicted molar refractivity (Wildman–Crippen MR) is 221 cm³/mol. The Labute approximate surface area is 335 Å². The van der Waals surface area contributed by atoms with Crippen LogP contribution in [0.15, 0.2) is 96.4 Å². The zero-order valence-corrected chi connectivity index (χ0v) is 34.8. The van der Waals surface area contributed by atoms with Gasteiger partial charge in [-0.15, -0.1) is 22.7 Å². The minimum absolute atomic E-state index is 0.0922. The first kappa shape index (κ1) is 40.9. The molecule has 2 aromatic heterocycles. The van der Waals surface area contributed by atoms with Crippen molar-refractivity contribution in [2.75, 3.05) is 0 Å². The summed E-state index contributed by atoms with van der Waals surface area (Å²) in [6.45, 7) is 16.2. The first-order chi connectivity index (χ1) is 26.7. The van der Waals surface area contributed by atoms with E-state index in [1.165, 1.54) is 34.8 Å². The van der Waals surface area contributed by atoms with Crippen molar-refractivity contribution in [3.8, 4) is 0 Å². The Morgan fingerprint density at radius 1 is 0.643 bits per heavy atom. The van der Waals surface area contributed by atoms with E-state index in [4.69, 9.17) is 19.4 Å². The Kier molecular flexibility index (Phi) is 11.4. The molecule has 2 aromatic carbocycles. The second-order valence-corrected chi connectivity index (χ2v) is 17.4. The number of carbonyl (C=O) groups excluding carboxylic acids is 1. The van der Waals surface area contributed by atoms with Crippen molar-refractivity contribution in [1.29, 1.82) is 0 Å².